The first kappa shape index (κ1) is 11.2. The molecule has 0 amide bonds. The summed E-state index contributed by atoms with van der Waals surface area (Å²) in [6.45, 7) is 0. The fourth-order valence-corrected chi connectivity index (χ4v) is 0.498. The number of carbonyl (C=O) groups excluding carboxylic acids is 1. The molecule has 3 heteroatoms. The molecule has 0 radical (unpaired) electrons. The van der Waals surface area contributed by atoms with Gasteiger partial charge in [-0.25, -0.2) is 0 Å². The molecule has 50 valence electrons. The zero-order chi connectivity index (χ0) is 6.83. The second-order valence-corrected chi connectivity index (χ2v) is 1.93. The molecule has 0 aromatic carbocycles. The molecule has 0 aromatic heterocycles. The molecule has 0 aliphatic carbocycles. The van der Waals surface area contributed by atoms with Crippen LogP contribution in [0.5, 0.6) is 0 Å². The molecule has 1 nitrogen and oxygen atoms in total. The number of thioether (sulfide) groups is 1. The third-order valence-electron chi connectivity index (χ3n) is 0.440. The van der Waals surface area contributed by atoms with Crippen LogP contribution in [0.25, 0.3) is 0 Å². The molecular weight excluding hydrogens is 140 g/mol. The summed E-state index contributed by atoms with van der Waals surface area (Å²) in [5, 5.41) is 0. The number of thiol groups is 1. The Bertz CT molecular complexity index is 39.4. The van der Waals surface area contributed by atoms with E-state index in [4.69, 9.17) is 0 Å². The number of carbonyl (C=O) groups is 1. The maximum Gasteiger partial charge on any atom is 0.120 e. The van der Waals surface area contributed by atoms with Crippen LogP contribution >= 0.6 is 24.4 Å². The minimum atomic E-state index is 0.696. The van der Waals surface area contributed by atoms with E-state index in [0.29, 0.717) is 6.42 Å². The van der Waals surface area contributed by atoms with Gasteiger partial charge < -0.3 is 4.79 Å². The zero-order valence-electron chi connectivity index (χ0n) is 5.26. The highest BCUT2D eigenvalue weighted by molar-refractivity contribution is 7.98. The SMILES string of the molecule is CS.CSCCC=O. The van der Waals surface area contributed by atoms with Gasteiger partial charge in [0.25, 0.3) is 0 Å². The molecule has 0 saturated heterocycles. The summed E-state index contributed by atoms with van der Waals surface area (Å²) in [4.78, 5) is 9.55. The Hall–Kier alpha value is 0.370. The lowest BCUT2D eigenvalue weighted by Crippen LogP contribution is -1.75. The van der Waals surface area contributed by atoms with Gasteiger partial charge in [-0.1, -0.05) is 0 Å². The average molecular weight is 152 g/mol. The van der Waals surface area contributed by atoms with Crippen molar-refractivity contribution >= 4 is 30.7 Å². The quantitative estimate of drug-likeness (QED) is 0.375. The standard InChI is InChI=1S/C4H8OS.CH4S/c1-6-4-2-3-5;1-2/h3H,2,4H2,1H3;2H,1H3. The van der Waals surface area contributed by atoms with Crippen LogP contribution in [0.4, 0.5) is 0 Å². The highest BCUT2D eigenvalue weighted by Crippen LogP contribution is 1.90. The van der Waals surface area contributed by atoms with Crippen molar-refractivity contribution in [1.82, 2.24) is 0 Å². The van der Waals surface area contributed by atoms with Crippen LogP contribution in [0, 0.1) is 0 Å². The number of aldehydes is 1. The predicted octanol–water partition coefficient (Wildman–Crippen LogP) is 1.48. The number of hydrogen-bond acceptors (Lipinski definition) is 3. The van der Waals surface area contributed by atoms with Crippen LogP contribution in [-0.4, -0.2) is 24.6 Å². The van der Waals surface area contributed by atoms with Gasteiger partial charge in [0.15, 0.2) is 0 Å². The van der Waals surface area contributed by atoms with E-state index >= 15 is 0 Å². The molecule has 0 N–H and O–H groups in total. The highest BCUT2D eigenvalue weighted by atomic mass is 32.2. The van der Waals surface area contributed by atoms with Crippen molar-refractivity contribution in [3.05, 3.63) is 0 Å². The summed E-state index contributed by atoms with van der Waals surface area (Å²) in [7, 11) is 0. The maximum absolute atomic E-state index is 9.55. The zero-order valence-corrected chi connectivity index (χ0v) is 6.97. The van der Waals surface area contributed by atoms with Crippen molar-refractivity contribution in [2.75, 3.05) is 18.3 Å². The summed E-state index contributed by atoms with van der Waals surface area (Å²) in [6.07, 6.45) is 5.32. The average Bonchev–Trinajstić information content (AvgIpc) is 1.88. The van der Waals surface area contributed by atoms with E-state index in [1.807, 2.05) is 6.26 Å². The normalized spacial score (nSPS) is 6.88. The summed E-state index contributed by atoms with van der Waals surface area (Å²) < 4.78 is 0. The summed E-state index contributed by atoms with van der Waals surface area (Å²) >= 11 is 5.22. The first-order chi connectivity index (χ1) is 3.91. The van der Waals surface area contributed by atoms with Gasteiger partial charge in [0.1, 0.15) is 6.29 Å². The van der Waals surface area contributed by atoms with Crippen LogP contribution < -0.4 is 0 Å². The Balaban J connectivity index is 0. The Morgan fingerprint density at radius 3 is 2.25 bits per heavy atom. The minimum Gasteiger partial charge on any atom is -0.303 e. The third-order valence-corrected chi connectivity index (χ3v) is 1.08. The Morgan fingerprint density at radius 1 is 1.62 bits per heavy atom. The summed E-state index contributed by atoms with van der Waals surface area (Å²) in [5.41, 5.74) is 0. The van der Waals surface area contributed by atoms with Gasteiger partial charge in [0.2, 0.25) is 0 Å². The maximum atomic E-state index is 9.55. The fraction of sp³-hybridized carbons (Fsp3) is 0.800. The molecule has 0 bridgehead atoms. The fourth-order valence-electron chi connectivity index (χ4n) is 0.166. The van der Waals surface area contributed by atoms with Gasteiger partial charge in [-0.15, -0.1) is 0 Å². The smallest absolute Gasteiger partial charge is 0.120 e. The van der Waals surface area contributed by atoms with E-state index in [1.54, 1.807) is 18.0 Å². The van der Waals surface area contributed by atoms with Crippen molar-refractivity contribution in [1.29, 1.82) is 0 Å². The monoisotopic (exact) mass is 152 g/mol. The van der Waals surface area contributed by atoms with E-state index in [1.165, 1.54) is 0 Å². The van der Waals surface area contributed by atoms with Crippen LogP contribution in [0.3, 0.4) is 0 Å². The van der Waals surface area contributed by atoms with E-state index < -0.39 is 0 Å². The van der Waals surface area contributed by atoms with Gasteiger partial charge >= 0.3 is 0 Å². The van der Waals surface area contributed by atoms with Crippen LogP contribution in [0.1, 0.15) is 6.42 Å². The second kappa shape index (κ2) is 15.7. The summed E-state index contributed by atoms with van der Waals surface area (Å²) in [6, 6.07) is 0. The lowest BCUT2D eigenvalue weighted by atomic mass is 10.6. The Labute approximate surface area is 60.6 Å². The van der Waals surface area contributed by atoms with Crippen molar-refractivity contribution < 1.29 is 4.79 Å². The Kier molecular flexibility index (Phi) is 21.9. The van der Waals surface area contributed by atoms with Crippen LogP contribution in [-0.2, 0) is 4.79 Å². The summed E-state index contributed by atoms with van der Waals surface area (Å²) in [5.74, 6) is 0.962. The molecule has 0 rings (SSSR count). The molecule has 0 heterocycles. The van der Waals surface area contributed by atoms with Gasteiger partial charge in [0, 0.05) is 6.42 Å². The van der Waals surface area contributed by atoms with Crippen molar-refractivity contribution in [2.24, 2.45) is 0 Å². The molecule has 0 saturated carbocycles. The first-order valence-corrected chi connectivity index (χ1v) is 4.58. The largest absolute Gasteiger partial charge is 0.303 e. The van der Waals surface area contributed by atoms with Crippen LogP contribution in [0.15, 0.2) is 0 Å². The number of rotatable bonds is 3. The molecule has 0 aromatic rings. The lowest BCUT2D eigenvalue weighted by molar-refractivity contribution is -0.107. The van der Waals surface area contributed by atoms with E-state index in [2.05, 4.69) is 12.6 Å². The van der Waals surface area contributed by atoms with E-state index in [-0.39, 0.29) is 0 Å². The van der Waals surface area contributed by atoms with E-state index in [0.717, 1.165) is 12.0 Å². The van der Waals surface area contributed by atoms with Crippen LogP contribution in [0.2, 0.25) is 0 Å². The van der Waals surface area contributed by atoms with Crippen molar-refractivity contribution in [3.8, 4) is 0 Å². The predicted molar refractivity (Wildman–Crippen MR) is 44.0 cm³/mol. The van der Waals surface area contributed by atoms with Gasteiger partial charge in [-0.2, -0.15) is 24.4 Å². The van der Waals surface area contributed by atoms with E-state index in [9.17, 15) is 4.79 Å². The van der Waals surface area contributed by atoms with Gasteiger partial charge in [0.05, 0.1) is 0 Å². The lowest BCUT2D eigenvalue weighted by Gasteiger charge is -1.79. The minimum absolute atomic E-state index is 0.696. The molecular formula is C5H12OS2. The molecule has 0 unspecified atom stereocenters. The molecule has 8 heavy (non-hydrogen) atoms. The van der Waals surface area contributed by atoms with Gasteiger partial charge in [-0.3, -0.25) is 0 Å². The molecule has 0 aliphatic rings. The molecule has 0 fully saturated rings. The molecule has 0 aliphatic heterocycles. The van der Waals surface area contributed by atoms with Gasteiger partial charge in [-0.05, 0) is 18.3 Å². The first-order valence-electron chi connectivity index (χ1n) is 2.29. The third kappa shape index (κ3) is 16.2. The topological polar surface area (TPSA) is 17.1 Å². The van der Waals surface area contributed by atoms with Crippen molar-refractivity contribution in [3.63, 3.8) is 0 Å². The number of hydrogen-bond donors (Lipinski definition) is 1. The molecule has 0 atom stereocenters. The van der Waals surface area contributed by atoms with Crippen molar-refractivity contribution in [2.45, 2.75) is 6.42 Å². The second-order valence-electron chi connectivity index (χ2n) is 0.948. The Morgan fingerprint density at radius 2 is 2.12 bits per heavy atom. The molecule has 0 spiro atoms. The highest BCUT2D eigenvalue weighted by Gasteiger charge is 1.74.